The normalized spacial score (nSPS) is 11.6. The second-order valence-electron chi connectivity index (χ2n) is 4.18. The maximum Gasteiger partial charge on any atom is 0.220 e. The van der Waals surface area contributed by atoms with Gasteiger partial charge >= 0.3 is 0 Å². The molecule has 4 heteroatoms. The van der Waals surface area contributed by atoms with Crippen LogP contribution in [0.2, 0.25) is 0 Å². The number of aromatic nitrogens is 2. The minimum atomic E-state index is -0.0579. The van der Waals surface area contributed by atoms with Gasteiger partial charge in [0, 0.05) is 20.2 Å². The number of carbonyl (C=O) groups excluding carboxylic acids is 1. The van der Waals surface area contributed by atoms with Gasteiger partial charge in [0.1, 0.15) is 5.82 Å². The summed E-state index contributed by atoms with van der Waals surface area (Å²) in [5, 5.41) is 0. The highest BCUT2D eigenvalue weighted by Crippen LogP contribution is 2.00. The highest BCUT2D eigenvalue weighted by atomic mass is 16.2. The molecule has 0 bridgehead atoms. The monoisotopic (exact) mass is 233 g/mol. The Morgan fingerprint density at radius 3 is 2.71 bits per heavy atom. The van der Waals surface area contributed by atoms with E-state index < -0.39 is 0 Å². The Hall–Kier alpha value is -1.76. The number of aryl methyl sites for hydroxylation is 2. The van der Waals surface area contributed by atoms with Gasteiger partial charge in [-0.2, -0.15) is 0 Å². The van der Waals surface area contributed by atoms with Crippen LogP contribution in [0.1, 0.15) is 25.4 Å². The molecule has 1 aromatic rings. The second-order valence-corrected chi connectivity index (χ2v) is 4.18. The molecule has 1 unspecified atom stereocenters. The Bertz CT molecular complexity index is 465. The summed E-state index contributed by atoms with van der Waals surface area (Å²) in [5.41, 5.74) is 0.998. The number of imidazole rings is 1. The third kappa shape index (κ3) is 3.63. The van der Waals surface area contributed by atoms with E-state index in [1.807, 2.05) is 31.5 Å². The Balaban J connectivity index is 2.62. The van der Waals surface area contributed by atoms with Gasteiger partial charge in [-0.25, -0.2) is 4.98 Å². The Morgan fingerprint density at radius 2 is 2.24 bits per heavy atom. The molecule has 1 heterocycles. The van der Waals surface area contributed by atoms with E-state index in [0.29, 0.717) is 6.54 Å². The molecule has 4 nitrogen and oxygen atoms in total. The van der Waals surface area contributed by atoms with Crippen molar-refractivity contribution in [1.29, 1.82) is 0 Å². The predicted molar refractivity (Wildman–Crippen MR) is 67.4 cm³/mol. The van der Waals surface area contributed by atoms with Crippen LogP contribution in [0.25, 0.3) is 0 Å². The second kappa shape index (κ2) is 5.53. The lowest BCUT2D eigenvalue weighted by molar-refractivity contribution is -0.128. The summed E-state index contributed by atoms with van der Waals surface area (Å²) in [5.74, 6) is 7.12. The number of rotatable bonds is 2. The molecule has 0 radical (unpaired) electrons. The Kier molecular flexibility index (Phi) is 4.33. The first-order valence-electron chi connectivity index (χ1n) is 5.64. The predicted octanol–water partition coefficient (Wildman–Crippen LogP) is 1.37. The van der Waals surface area contributed by atoms with Crippen LogP contribution in [-0.4, -0.2) is 33.4 Å². The number of carbonyl (C=O) groups is 1. The van der Waals surface area contributed by atoms with Crippen molar-refractivity contribution in [2.45, 2.75) is 40.3 Å². The molecule has 0 saturated carbocycles. The van der Waals surface area contributed by atoms with Crippen LogP contribution in [-0.2, 0) is 11.3 Å². The summed E-state index contributed by atoms with van der Waals surface area (Å²) in [7, 11) is 1.76. The average Bonchev–Trinajstić information content (AvgIpc) is 2.56. The topological polar surface area (TPSA) is 38.1 Å². The van der Waals surface area contributed by atoms with Gasteiger partial charge in [-0.05, 0) is 20.8 Å². The van der Waals surface area contributed by atoms with Crippen molar-refractivity contribution >= 4 is 5.91 Å². The van der Waals surface area contributed by atoms with Crippen molar-refractivity contribution in [3.8, 4) is 11.8 Å². The molecule has 17 heavy (non-hydrogen) atoms. The van der Waals surface area contributed by atoms with Crippen molar-refractivity contribution in [3.05, 3.63) is 17.7 Å². The average molecular weight is 233 g/mol. The van der Waals surface area contributed by atoms with Crippen molar-refractivity contribution in [1.82, 2.24) is 14.5 Å². The van der Waals surface area contributed by atoms with Gasteiger partial charge < -0.3 is 9.47 Å². The Labute approximate surface area is 103 Å². The fourth-order valence-corrected chi connectivity index (χ4v) is 1.48. The molecule has 0 aliphatic heterocycles. The zero-order valence-corrected chi connectivity index (χ0v) is 11.1. The lowest BCUT2D eigenvalue weighted by atomic mass is 10.3. The first kappa shape index (κ1) is 13.3. The number of nitrogens with zero attached hydrogens (tertiary/aromatic N) is 3. The summed E-state index contributed by atoms with van der Waals surface area (Å²) in [4.78, 5) is 17.0. The summed E-state index contributed by atoms with van der Waals surface area (Å²) < 4.78 is 2.00. The van der Waals surface area contributed by atoms with E-state index in [2.05, 4.69) is 16.8 Å². The van der Waals surface area contributed by atoms with Gasteiger partial charge in [0.25, 0.3) is 0 Å². The fourth-order valence-electron chi connectivity index (χ4n) is 1.48. The molecule has 0 aliphatic rings. The molecular formula is C13H19N3O. The van der Waals surface area contributed by atoms with Crippen LogP contribution >= 0.6 is 0 Å². The lowest BCUT2D eigenvalue weighted by Crippen LogP contribution is -2.32. The van der Waals surface area contributed by atoms with Crippen LogP contribution in [0.5, 0.6) is 0 Å². The van der Waals surface area contributed by atoms with E-state index in [9.17, 15) is 4.79 Å². The first-order chi connectivity index (χ1) is 7.91. The van der Waals surface area contributed by atoms with E-state index in [1.165, 1.54) is 0 Å². The quantitative estimate of drug-likeness (QED) is 0.724. The highest BCUT2D eigenvalue weighted by molar-refractivity contribution is 5.73. The molecule has 0 saturated heterocycles. The summed E-state index contributed by atoms with van der Waals surface area (Å²) in [6.45, 7) is 7.99. The van der Waals surface area contributed by atoms with Crippen molar-refractivity contribution in [3.63, 3.8) is 0 Å². The standard InChI is InChI=1S/C13H19N3O/c1-10-9-16(12(3)14-10)8-6-7-11(2)15(5)13(4)17/h9,11H,8H2,1-5H3. The van der Waals surface area contributed by atoms with Crippen LogP contribution in [0.4, 0.5) is 0 Å². The molecule has 92 valence electrons. The van der Waals surface area contributed by atoms with Gasteiger partial charge in [-0.3, -0.25) is 4.79 Å². The summed E-state index contributed by atoms with van der Waals surface area (Å²) >= 11 is 0. The first-order valence-corrected chi connectivity index (χ1v) is 5.64. The van der Waals surface area contributed by atoms with Crippen LogP contribution in [0.3, 0.4) is 0 Å². The van der Waals surface area contributed by atoms with E-state index in [4.69, 9.17) is 0 Å². The van der Waals surface area contributed by atoms with Gasteiger partial charge in [0.15, 0.2) is 0 Å². The summed E-state index contributed by atoms with van der Waals surface area (Å²) in [6, 6.07) is -0.0579. The third-order valence-corrected chi connectivity index (χ3v) is 2.73. The SMILES string of the molecule is CC(=O)N(C)C(C)C#CCn1cc(C)nc1C. The Morgan fingerprint density at radius 1 is 1.59 bits per heavy atom. The molecule has 0 fully saturated rings. The highest BCUT2D eigenvalue weighted by Gasteiger charge is 2.07. The molecule has 0 aliphatic carbocycles. The minimum Gasteiger partial charge on any atom is -0.332 e. The molecule has 0 aromatic carbocycles. The van der Waals surface area contributed by atoms with Crippen LogP contribution in [0, 0.1) is 25.7 Å². The molecule has 1 atom stereocenters. The molecule has 1 amide bonds. The van der Waals surface area contributed by atoms with Gasteiger partial charge in [-0.1, -0.05) is 11.8 Å². The van der Waals surface area contributed by atoms with Crippen LogP contribution in [0.15, 0.2) is 6.20 Å². The number of hydrogen-bond acceptors (Lipinski definition) is 2. The minimum absolute atomic E-state index is 0.0291. The fraction of sp³-hybridized carbons (Fsp3) is 0.538. The molecule has 1 aromatic heterocycles. The zero-order chi connectivity index (χ0) is 13.0. The van der Waals surface area contributed by atoms with E-state index in [1.54, 1.807) is 18.9 Å². The zero-order valence-electron chi connectivity index (χ0n) is 11.1. The molecule has 1 rings (SSSR count). The smallest absolute Gasteiger partial charge is 0.220 e. The maximum atomic E-state index is 11.1. The van der Waals surface area contributed by atoms with Crippen molar-refractivity contribution < 1.29 is 4.79 Å². The van der Waals surface area contributed by atoms with Crippen molar-refractivity contribution in [2.24, 2.45) is 0 Å². The van der Waals surface area contributed by atoms with E-state index >= 15 is 0 Å². The molecular weight excluding hydrogens is 214 g/mol. The molecule has 0 N–H and O–H groups in total. The van der Waals surface area contributed by atoms with E-state index in [-0.39, 0.29) is 11.9 Å². The summed E-state index contributed by atoms with van der Waals surface area (Å²) in [6.07, 6.45) is 1.98. The van der Waals surface area contributed by atoms with Crippen molar-refractivity contribution in [2.75, 3.05) is 7.05 Å². The molecule has 0 spiro atoms. The van der Waals surface area contributed by atoms with Gasteiger partial charge in [0.05, 0.1) is 18.3 Å². The van der Waals surface area contributed by atoms with Gasteiger partial charge in [0.2, 0.25) is 5.91 Å². The number of amides is 1. The van der Waals surface area contributed by atoms with E-state index in [0.717, 1.165) is 11.5 Å². The van der Waals surface area contributed by atoms with Gasteiger partial charge in [-0.15, -0.1) is 0 Å². The third-order valence-electron chi connectivity index (χ3n) is 2.73. The number of hydrogen-bond donors (Lipinski definition) is 0. The largest absolute Gasteiger partial charge is 0.332 e. The maximum absolute atomic E-state index is 11.1. The lowest BCUT2D eigenvalue weighted by Gasteiger charge is -2.18. The van der Waals surface area contributed by atoms with Crippen LogP contribution < -0.4 is 0 Å².